The van der Waals surface area contributed by atoms with Gasteiger partial charge in [0.25, 0.3) is 0 Å². The quantitative estimate of drug-likeness (QED) is 0.668. The first-order valence-corrected chi connectivity index (χ1v) is 7.28. The molecule has 0 radical (unpaired) electrons. The van der Waals surface area contributed by atoms with Crippen LogP contribution in [0.2, 0.25) is 0 Å². The molecule has 0 amide bonds. The first-order valence-electron chi connectivity index (χ1n) is 7.28. The van der Waals surface area contributed by atoms with Crippen LogP contribution in [-0.2, 0) is 11.3 Å². The summed E-state index contributed by atoms with van der Waals surface area (Å²) in [6, 6.07) is 5.05. The second-order valence-corrected chi connectivity index (χ2v) is 5.10. The summed E-state index contributed by atoms with van der Waals surface area (Å²) in [5.41, 5.74) is 0.852. The second-order valence-electron chi connectivity index (χ2n) is 5.10. The fourth-order valence-corrected chi connectivity index (χ4v) is 2.05. The largest absolute Gasteiger partial charge is 0.490 e. The molecule has 0 bridgehead atoms. The smallest absolute Gasteiger partial charge is 0.165 e. The first kappa shape index (κ1) is 16.9. The molecule has 0 aliphatic heterocycles. The molecule has 0 spiro atoms. The van der Waals surface area contributed by atoms with E-state index in [9.17, 15) is 4.39 Å². The van der Waals surface area contributed by atoms with Crippen molar-refractivity contribution >= 4 is 0 Å². The summed E-state index contributed by atoms with van der Waals surface area (Å²) in [5, 5.41) is 3.21. The SMILES string of the molecule is CCCC(C)COc1c(F)cccc1CNCCOC. The fourth-order valence-electron chi connectivity index (χ4n) is 2.05. The van der Waals surface area contributed by atoms with E-state index in [-0.39, 0.29) is 5.82 Å². The monoisotopic (exact) mass is 283 g/mol. The molecule has 20 heavy (non-hydrogen) atoms. The van der Waals surface area contributed by atoms with Crippen LogP contribution < -0.4 is 10.1 Å². The van der Waals surface area contributed by atoms with E-state index < -0.39 is 0 Å². The number of para-hydroxylation sites is 1. The molecule has 0 saturated heterocycles. The maximum Gasteiger partial charge on any atom is 0.165 e. The van der Waals surface area contributed by atoms with Crippen LogP contribution in [0.3, 0.4) is 0 Å². The Hall–Kier alpha value is -1.13. The number of nitrogens with one attached hydrogen (secondary N) is 1. The van der Waals surface area contributed by atoms with E-state index in [1.54, 1.807) is 13.2 Å². The molecule has 1 aromatic rings. The molecule has 4 heteroatoms. The Bertz CT molecular complexity index is 385. The van der Waals surface area contributed by atoms with Crippen LogP contribution in [0.5, 0.6) is 5.75 Å². The zero-order valence-corrected chi connectivity index (χ0v) is 12.7. The standard InChI is InChI=1S/C16H26FNO2/c1-4-6-13(2)12-20-16-14(7-5-8-15(16)17)11-18-9-10-19-3/h5,7-8,13,18H,4,6,9-12H2,1-3H3. The number of methoxy groups -OCH3 is 1. The number of ether oxygens (including phenoxy) is 2. The van der Waals surface area contributed by atoms with E-state index in [0.29, 0.717) is 31.4 Å². The molecule has 1 rings (SSSR count). The third kappa shape index (κ3) is 5.88. The van der Waals surface area contributed by atoms with Crippen LogP contribution in [0, 0.1) is 11.7 Å². The number of hydrogen-bond donors (Lipinski definition) is 1. The van der Waals surface area contributed by atoms with Crippen molar-refractivity contribution in [3.63, 3.8) is 0 Å². The summed E-state index contributed by atoms with van der Waals surface area (Å²) in [6.07, 6.45) is 2.21. The molecule has 1 aromatic carbocycles. The summed E-state index contributed by atoms with van der Waals surface area (Å²) < 4.78 is 24.5. The average molecular weight is 283 g/mol. The van der Waals surface area contributed by atoms with Crippen LogP contribution >= 0.6 is 0 Å². The van der Waals surface area contributed by atoms with E-state index >= 15 is 0 Å². The third-order valence-corrected chi connectivity index (χ3v) is 3.14. The number of benzene rings is 1. The predicted molar refractivity (Wildman–Crippen MR) is 79.5 cm³/mol. The molecular formula is C16H26FNO2. The van der Waals surface area contributed by atoms with Crippen LogP contribution in [0.4, 0.5) is 4.39 Å². The Morgan fingerprint density at radius 1 is 1.35 bits per heavy atom. The molecule has 0 aromatic heterocycles. The van der Waals surface area contributed by atoms with Crippen molar-refractivity contribution in [2.24, 2.45) is 5.92 Å². The fraction of sp³-hybridized carbons (Fsp3) is 0.625. The minimum absolute atomic E-state index is 0.292. The van der Waals surface area contributed by atoms with Crippen molar-refractivity contribution in [1.82, 2.24) is 5.32 Å². The predicted octanol–water partition coefficient (Wildman–Crippen LogP) is 3.38. The van der Waals surface area contributed by atoms with E-state index in [0.717, 1.165) is 24.9 Å². The zero-order valence-electron chi connectivity index (χ0n) is 12.7. The Kier molecular flexibility index (Phi) is 8.23. The second kappa shape index (κ2) is 9.72. The van der Waals surface area contributed by atoms with E-state index in [2.05, 4.69) is 19.2 Å². The van der Waals surface area contributed by atoms with Crippen LogP contribution in [0.25, 0.3) is 0 Å². The summed E-state index contributed by atoms with van der Waals surface area (Å²) in [6.45, 7) is 6.78. The molecule has 0 aliphatic carbocycles. The molecule has 0 fully saturated rings. The van der Waals surface area contributed by atoms with E-state index in [4.69, 9.17) is 9.47 Å². The maximum atomic E-state index is 13.9. The Labute approximate surface area is 121 Å². The van der Waals surface area contributed by atoms with Crippen molar-refractivity contribution in [3.8, 4) is 5.75 Å². The molecule has 3 nitrogen and oxygen atoms in total. The minimum Gasteiger partial charge on any atom is -0.490 e. The van der Waals surface area contributed by atoms with E-state index in [1.165, 1.54) is 6.07 Å². The van der Waals surface area contributed by atoms with E-state index in [1.807, 2.05) is 6.07 Å². The van der Waals surface area contributed by atoms with Gasteiger partial charge >= 0.3 is 0 Å². The Morgan fingerprint density at radius 2 is 2.15 bits per heavy atom. The summed E-state index contributed by atoms with van der Waals surface area (Å²) in [4.78, 5) is 0. The normalized spacial score (nSPS) is 12.4. The van der Waals surface area contributed by atoms with Gasteiger partial charge in [0.2, 0.25) is 0 Å². The minimum atomic E-state index is -0.292. The van der Waals surface area contributed by atoms with Crippen LogP contribution in [-0.4, -0.2) is 26.9 Å². The number of rotatable bonds is 10. The van der Waals surface area contributed by atoms with Gasteiger partial charge in [0.05, 0.1) is 13.2 Å². The molecular weight excluding hydrogens is 257 g/mol. The maximum absolute atomic E-state index is 13.9. The van der Waals surface area contributed by atoms with Gasteiger partial charge in [0.15, 0.2) is 11.6 Å². The lowest BCUT2D eigenvalue weighted by Crippen LogP contribution is -2.19. The van der Waals surface area contributed by atoms with Gasteiger partial charge in [-0.3, -0.25) is 0 Å². The van der Waals surface area contributed by atoms with Crippen LogP contribution in [0.15, 0.2) is 18.2 Å². The van der Waals surface area contributed by atoms with Gasteiger partial charge < -0.3 is 14.8 Å². The Morgan fingerprint density at radius 3 is 2.85 bits per heavy atom. The van der Waals surface area contributed by atoms with Crippen molar-refractivity contribution in [3.05, 3.63) is 29.6 Å². The Balaban J connectivity index is 2.58. The summed E-state index contributed by atoms with van der Waals surface area (Å²) >= 11 is 0. The number of hydrogen-bond acceptors (Lipinski definition) is 3. The molecule has 1 unspecified atom stereocenters. The highest BCUT2D eigenvalue weighted by molar-refractivity contribution is 5.34. The summed E-state index contributed by atoms with van der Waals surface area (Å²) in [5.74, 6) is 0.522. The molecule has 0 heterocycles. The molecule has 1 N–H and O–H groups in total. The topological polar surface area (TPSA) is 30.5 Å². The van der Waals surface area contributed by atoms with Gasteiger partial charge in [-0.2, -0.15) is 0 Å². The van der Waals surface area contributed by atoms with Gasteiger partial charge in [-0.1, -0.05) is 32.4 Å². The first-order chi connectivity index (χ1) is 9.69. The zero-order chi connectivity index (χ0) is 14.8. The van der Waals surface area contributed by atoms with Crippen molar-refractivity contribution in [2.75, 3.05) is 26.9 Å². The molecule has 0 saturated carbocycles. The van der Waals surface area contributed by atoms with Crippen molar-refractivity contribution < 1.29 is 13.9 Å². The van der Waals surface area contributed by atoms with Gasteiger partial charge in [0, 0.05) is 25.8 Å². The highest BCUT2D eigenvalue weighted by Gasteiger charge is 2.11. The lowest BCUT2D eigenvalue weighted by Gasteiger charge is -2.16. The summed E-state index contributed by atoms with van der Waals surface area (Å²) in [7, 11) is 1.66. The molecule has 114 valence electrons. The lowest BCUT2D eigenvalue weighted by atomic mass is 10.1. The third-order valence-electron chi connectivity index (χ3n) is 3.14. The van der Waals surface area contributed by atoms with Crippen LogP contribution in [0.1, 0.15) is 32.3 Å². The lowest BCUT2D eigenvalue weighted by molar-refractivity contribution is 0.198. The van der Waals surface area contributed by atoms with Crippen molar-refractivity contribution in [2.45, 2.75) is 33.2 Å². The highest BCUT2D eigenvalue weighted by atomic mass is 19.1. The highest BCUT2D eigenvalue weighted by Crippen LogP contribution is 2.23. The van der Waals surface area contributed by atoms with Gasteiger partial charge in [-0.05, 0) is 18.4 Å². The van der Waals surface area contributed by atoms with Crippen molar-refractivity contribution in [1.29, 1.82) is 0 Å². The molecule has 1 atom stereocenters. The van der Waals surface area contributed by atoms with Gasteiger partial charge in [0.1, 0.15) is 0 Å². The molecule has 0 aliphatic rings. The number of halogens is 1. The van der Waals surface area contributed by atoms with Gasteiger partial charge in [-0.15, -0.1) is 0 Å². The average Bonchev–Trinajstić information content (AvgIpc) is 2.43. The van der Waals surface area contributed by atoms with Gasteiger partial charge in [-0.25, -0.2) is 4.39 Å².